The fourth-order valence-corrected chi connectivity index (χ4v) is 3.31. The number of nitriles is 1. The fraction of sp³-hybridized carbons (Fsp3) is 0.417. The largest absolute Gasteiger partial charge is 0.266 e. The Morgan fingerprint density at radius 3 is 2.78 bits per heavy atom. The zero-order valence-electron chi connectivity index (χ0n) is 9.85. The third-order valence-corrected chi connectivity index (χ3v) is 4.84. The van der Waals surface area contributed by atoms with Gasteiger partial charge >= 0.3 is 0 Å². The number of rotatable bonds is 4. The molecule has 0 atom stereocenters. The molecular formula is C12H12ClN2O2S. The van der Waals surface area contributed by atoms with E-state index in [0.717, 1.165) is 12.8 Å². The molecule has 18 heavy (non-hydrogen) atoms. The number of hydrogen-bond acceptors (Lipinski definition) is 3. The molecule has 6 heteroatoms. The Hall–Kier alpha value is -1.25. The highest BCUT2D eigenvalue weighted by molar-refractivity contribution is 7.92. The van der Waals surface area contributed by atoms with Crippen LogP contribution in [0.4, 0.5) is 5.69 Å². The van der Waals surface area contributed by atoms with Gasteiger partial charge in [-0.3, -0.25) is 4.31 Å². The van der Waals surface area contributed by atoms with Crippen LogP contribution in [0.3, 0.4) is 0 Å². The van der Waals surface area contributed by atoms with E-state index < -0.39 is 10.0 Å². The molecule has 2 rings (SSSR count). The van der Waals surface area contributed by atoms with E-state index in [1.165, 1.54) is 16.4 Å². The smallest absolute Gasteiger partial charge is 0.235 e. The molecule has 1 radical (unpaired) electrons. The average molecular weight is 284 g/mol. The first-order chi connectivity index (χ1) is 8.49. The van der Waals surface area contributed by atoms with Crippen LogP contribution in [0.5, 0.6) is 0 Å². The molecule has 4 nitrogen and oxygen atoms in total. The molecule has 1 aliphatic rings. The molecule has 0 heterocycles. The summed E-state index contributed by atoms with van der Waals surface area (Å²) >= 11 is 5.77. The molecule has 1 aromatic rings. The van der Waals surface area contributed by atoms with Gasteiger partial charge in [0.2, 0.25) is 10.0 Å². The summed E-state index contributed by atoms with van der Waals surface area (Å²) in [5.41, 5.74) is 0.647. The van der Waals surface area contributed by atoms with E-state index in [1.54, 1.807) is 6.92 Å². The van der Waals surface area contributed by atoms with Crippen LogP contribution in [0.15, 0.2) is 12.1 Å². The molecule has 0 N–H and O–H groups in total. The molecule has 1 aromatic carbocycles. The first kappa shape index (κ1) is 13.2. The summed E-state index contributed by atoms with van der Waals surface area (Å²) in [6, 6.07) is 7.62. The number of benzene rings is 1. The van der Waals surface area contributed by atoms with Gasteiger partial charge < -0.3 is 0 Å². The van der Waals surface area contributed by atoms with Crippen molar-refractivity contribution >= 4 is 27.3 Å². The molecule has 0 aliphatic heterocycles. The predicted octanol–water partition coefficient (Wildman–Crippen LogP) is 2.33. The van der Waals surface area contributed by atoms with Crippen molar-refractivity contribution in [1.82, 2.24) is 0 Å². The molecule has 1 aliphatic carbocycles. The second-order valence-corrected chi connectivity index (χ2v) is 6.66. The van der Waals surface area contributed by atoms with E-state index in [-0.39, 0.29) is 17.4 Å². The number of nitrogens with zero attached hydrogens (tertiary/aromatic N) is 2. The Kier molecular flexibility index (Phi) is 3.51. The average Bonchev–Trinajstić information content (AvgIpc) is 3.15. The summed E-state index contributed by atoms with van der Waals surface area (Å²) in [6.07, 6.45) is 1.65. The minimum atomic E-state index is -3.38. The zero-order valence-corrected chi connectivity index (χ0v) is 11.4. The van der Waals surface area contributed by atoms with Gasteiger partial charge in [-0.25, -0.2) is 8.42 Å². The van der Waals surface area contributed by atoms with Crippen molar-refractivity contribution in [2.24, 2.45) is 0 Å². The van der Waals surface area contributed by atoms with Crippen LogP contribution in [0.25, 0.3) is 0 Å². The van der Waals surface area contributed by atoms with Crippen molar-refractivity contribution < 1.29 is 8.42 Å². The van der Waals surface area contributed by atoms with E-state index in [2.05, 4.69) is 6.07 Å². The van der Waals surface area contributed by atoms with Crippen LogP contribution in [0.1, 0.15) is 25.3 Å². The van der Waals surface area contributed by atoms with Crippen LogP contribution in [0.2, 0.25) is 5.02 Å². The molecule has 0 aromatic heterocycles. The molecule has 0 unspecified atom stereocenters. The normalized spacial score (nSPS) is 15.2. The monoisotopic (exact) mass is 283 g/mol. The summed E-state index contributed by atoms with van der Waals surface area (Å²) in [5, 5.41) is 9.39. The first-order valence-corrected chi connectivity index (χ1v) is 7.61. The van der Waals surface area contributed by atoms with Crippen LogP contribution >= 0.6 is 11.6 Å². The second kappa shape index (κ2) is 4.79. The van der Waals surface area contributed by atoms with Crippen molar-refractivity contribution in [3.63, 3.8) is 0 Å². The minimum absolute atomic E-state index is 0.0109. The lowest BCUT2D eigenvalue weighted by atomic mass is 10.2. The molecule has 0 saturated heterocycles. The maximum atomic E-state index is 12.1. The lowest BCUT2D eigenvalue weighted by Gasteiger charge is -2.24. The van der Waals surface area contributed by atoms with Gasteiger partial charge in [0, 0.05) is 17.1 Å². The molecule has 0 bridgehead atoms. The highest BCUT2D eigenvalue weighted by atomic mass is 35.5. The van der Waals surface area contributed by atoms with E-state index in [0.29, 0.717) is 10.7 Å². The lowest BCUT2D eigenvalue weighted by molar-refractivity contribution is 0.591. The Labute approximate surface area is 112 Å². The topological polar surface area (TPSA) is 61.2 Å². The van der Waals surface area contributed by atoms with E-state index in [9.17, 15) is 8.42 Å². The molecule has 95 valence electrons. The predicted molar refractivity (Wildman–Crippen MR) is 70.0 cm³/mol. The van der Waals surface area contributed by atoms with Crippen LogP contribution < -0.4 is 4.31 Å². The molecule has 0 amide bonds. The van der Waals surface area contributed by atoms with E-state index >= 15 is 0 Å². The number of sulfonamides is 1. The Bertz CT molecular complexity index is 603. The zero-order chi connectivity index (χ0) is 13.3. The number of hydrogen-bond donors (Lipinski definition) is 0. The summed E-state index contributed by atoms with van der Waals surface area (Å²) in [4.78, 5) is 0. The maximum absolute atomic E-state index is 12.1. The van der Waals surface area contributed by atoms with Gasteiger partial charge in [0.25, 0.3) is 0 Å². The standard InChI is InChI=1S/C12H12ClN2O2S/c1-2-18(16,17)15(11-4-5-11)12-6-3-10(13)7-9(12)8-14/h6-7,11H,2,4-5H2,1H3. The van der Waals surface area contributed by atoms with Gasteiger partial charge in [0.1, 0.15) is 6.07 Å². The summed E-state index contributed by atoms with van der Waals surface area (Å²) in [6.45, 7) is 1.59. The van der Waals surface area contributed by atoms with Gasteiger partial charge in [-0.15, -0.1) is 0 Å². The van der Waals surface area contributed by atoms with Gasteiger partial charge in [-0.2, -0.15) is 5.26 Å². The highest BCUT2D eigenvalue weighted by Crippen LogP contribution is 2.36. The number of anilines is 1. The molecule has 1 saturated carbocycles. The molecular weight excluding hydrogens is 272 g/mol. The molecule has 0 spiro atoms. The van der Waals surface area contributed by atoms with Gasteiger partial charge in [0.15, 0.2) is 0 Å². The Balaban J connectivity index is 2.54. The highest BCUT2D eigenvalue weighted by Gasteiger charge is 2.37. The Morgan fingerprint density at radius 2 is 2.28 bits per heavy atom. The minimum Gasteiger partial charge on any atom is -0.266 e. The van der Waals surface area contributed by atoms with E-state index in [4.69, 9.17) is 16.9 Å². The van der Waals surface area contributed by atoms with Gasteiger partial charge in [-0.1, -0.05) is 11.6 Å². The van der Waals surface area contributed by atoms with Crippen LogP contribution in [0, 0.1) is 17.4 Å². The molecule has 1 fully saturated rings. The van der Waals surface area contributed by atoms with Gasteiger partial charge in [-0.05, 0) is 31.9 Å². The summed E-state index contributed by atoms with van der Waals surface area (Å²) in [7, 11) is -3.38. The van der Waals surface area contributed by atoms with Crippen molar-refractivity contribution in [1.29, 1.82) is 5.26 Å². The quantitative estimate of drug-likeness (QED) is 0.852. The fourth-order valence-electron chi connectivity index (χ4n) is 1.75. The summed E-state index contributed by atoms with van der Waals surface area (Å²) < 4.78 is 25.6. The van der Waals surface area contributed by atoms with Crippen molar-refractivity contribution in [2.45, 2.75) is 25.8 Å². The lowest BCUT2D eigenvalue weighted by Crippen LogP contribution is -2.34. The van der Waals surface area contributed by atoms with Crippen molar-refractivity contribution in [3.05, 3.63) is 28.8 Å². The maximum Gasteiger partial charge on any atom is 0.235 e. The third kappa shape index (κ3) is 2.45. The third-order valence-electron chi connectivity index (χ3n) is 2.79. The SMILES string of the molecule is CCS(=O)(=O)N(c1c[c]c(Cl)cc1C#N)C1CC1. The number of halogens is 1. The van der Waals surface area contributed by atoms with Crippen LogP contribution in [-0.4, -0.2) is 20.2 Å². The van der Waals surface area contributed by atoms with Crippen molar-refractivity contribution in [2.75, 3.05) is 10.1 Å². The second-order valence-electron chi connectivity index (χ2n) is 4.12. The van der Waals surface area contributed by atoms with Crippen LogP contribution in [-0.2, 0) is 10.0 Å². The summed E-state index contributed by atoms with van der Waals surface area (Å²) in [5.74, 6) is 0.0109. The van der Waals surface area contributed by atoms with Gasteiger partial charge in [0.05, 0.1) is 17.0 Å². The first-order valence-electron chi connectivity index (χ1n) is 5.63. The Morgan fingerprint density at radius 1 is 1.61 bits per heavy atom. The van der Waals surface area contributed by atoms with Crippen molar-refractivity contribution in [3.8, 4) is 6.07 Å². The van der Waals surface area contributed by atoms with E-state index in [1.807, 2.05) is 6.07 Å².